The van der Waals surface area contributed by atoms with Crippen LogP contribution in [0.1, 0.15) is 63.5 Å². The van der Waals surface area contributed by atoms with Gasteiger partial charge in [0.1, 0.15) is 0 Å². The topological polar surface area (TPSA) is 29.3 Å². The molecule has 0 bridgehead atoms. The maximum Gasteiger partial charge on any atom is 0.0417 e. The summed E-state index contributed by atoms with van der Waals surface area (Å²) in [6.07, 6.45) is 9.44. The standard InChI is InChI=1S/C18H28N2/c1-2-16(19)15-10-4-6-12-18(15)20-13-7-9-14-8-3-5-11-17(14)20/h4,6,10,12,14,16-17H,2-3,5,7-9,11,13,19H2,1H3/t14?,16-,17?/m0/s1. The van der Waals surface area contributed by atoms with Gasteiger partial charge in [0.25, 0.3) is 0 Å². The van der Waals surface area contributed by atoms with Crippen molar-refractivity contribution in [2.24, 2.45) is 11.7 Å². The number of nitrogens with zero attached hydrogens (tertiary/aromatic N) is 1. The minimum atomic E-state index is 0.176. The van der Waals surface area contributed by atoms with Gasteiger partial charge in [0.15, 0.2) is 0 Å². The second-order valence-electron chi connectivity index (χ2n) is 6.52. The molecule has 1 aromatic rings. The van der Waals surface area contributed by atoms with E-state index in [1.807, 2.05) is 0 Å². The lowest BCUT2D eigenvalue weighted by molar-refractivity contribution is 0.243. The molecule has 20 heavy (non-hydrogen) atoms. The van der Waals surface area contributed by atoms with E-state index in [0.29, 0.717) is 0 Å². The van der Waals surface area contributed by atoms with Crippen molar-refractivity contribution in [1.29, 1.82) is 0 Å². The third-order valence-corrected chi connectivity index (χ3v) is 5.33. The fraction of sp³-hybridized carbons (Fsp3) is 0.667. The Hall–Kier alpha value is -1.02. The quantitative estimate of drug-likeness (QED) is 0.891. The lowest BCUT2D eigenvalue weighted by Gasteiger charge is -2.46. The lowest BCUT2D eigenvalue weighted by atomic mass is 9.78. The van der Waals surface area contributed by atoms with Crippen molar-refractivity contribution in [2.75, 3.05) is 11.4 Å². The Labute approximate surface area is 123 Å². The van der Waals surface area contributed by atoms with E-state index < -0.39 is 0 Å². The molecule has 2 aliphatic rings. The molecule has 1 aliphatic carbocycles. The first-order chi connectivity index (χ1) is 9.81. The Morgan fingerprint density at radius 3 is 2.75 bits per heavy atom. The number of para-hydroxylation sites is 1. The molecule has 1 aromatic carbocycles. The predicted molar refractivity (Wildman–Crippen MR) is 86.0 cm³/mol. The molecule has 2 unspecified atom stereocenters. The van der Waals surface area contributed by atoms with Crippen molar-refractivity contribution in [3.63, 3.8) is 0 Å². The van der Waals surface area contributed by atoms with Crippen LogP contribution in [0.3, 0.4) is 0 Å². The van der Waals surface area contributed by atoms with Crippen LogP contribution in [-0.4, -0.2) is 12.6 Å². The summed E-state index contributed by atoms with van der Waals surface area (Å²) in [5.41, 5.74) is 9.11. The molecule has 110 valence electrons. The summed E-state index contributed by atoms with van der Waals surface area (Å²) in [7, 11) is 0. The number of anilines is 1. The van der Waals surface area contributed by atoms with E-state index in [1.165, 1.54) is 56.3 Å². The van der Waals surface area contributed by atoms with Crippen molar-refractivity contribution in [3.8, 4) is 0 Å². The molecule has 3 rings (SSSR count). The van der Waals surface area contributed by atoms with Crippen LogP contribution in [0.25, 0.3) is 0 Å². The van der Waals surface area contributed by atoms with Crippen molar-refractivity contribution in [1.82, 2.24) is 0 Å². The predicted octanol–water partition coefficient (Wildman–Crippen LogP) is 4.26. The fourth-order valence-corrected chi connectivity index (χ4v) is 4.21. The molecule has 0 aromatic heterocycles. The van der Waals surface area contributed by atoms with Gasteiger partial charge in [-0.05, 0) is 49.7 Å². The average Bonchev–Trinajstić information content (AvgIpc) is 2.53. The molecule has 2 nitrogen and oxygen atoms in total. The van der Waals surface area contributed by atoms with Gasteiger partial charge in [0.2, 0.25) is 0 Å². The largest absolute Gasteiger partial charge is 0.368 e. The Morgan fingerprint density at radius 1 is 1.15 bits per heavy atom. The van der Waals surface area contributed by atoms with E-state index in [1.54, 1.807) is 0 Å². The van der Waals surface area contributed by atoms with Crippen LogP contribution in [0.2, 0.25) is 0 Å². The molecule has 2 N–H and O–H groups in total. The highest BCUT2D eigenvalue weighted by Crippen LogP contribution is 2.39. The third kappa shape index (κ3) is 2.58. The molecular weight excluding hydrogens is 244 g/mol. The average molecular weight is 272 g/mol. The van der Waals surface area contributed by atoms with Gasteiger partial charge < -0.3 is 10.6 Å². The van der Waals surface area contributed by atoms with Crippen LogP contribution in [0.5, 0.6) is 0 Å². The second kappa shape index (κ2) is 6.17. The van der Waals surface area contributed by atoms with E-state index in [4.69, 9.17) is 5.73 Å². The van der Waals surface area contributed by atoms with Gasteiger partial charge in [-0.3, -0.25) is 0 Å². The van der Waals surface area contributed by atoms with E-state index >= 15 is 0 Å². The normalized spacial score (nSPS) is 28.0. The summed E-state index contributed by atoms with van der Waals surface area (Å²) < 4.78 is 0. The van der Waals surface area contributed by atoms with E-state index in [9.17, 15) is 0 Å². The molecule has 0 amide bonds. The number of rotatable bonds is 3. The van der Waals surface area contributed by atoms with Crippen LogP contribution < -0.4 is 10.6 Å². The van der Waals surface area contributed by atoms with Gasteiger partial charge >= 0.3 is 0 Å². The Bertz CT molecular complexity index is 441. The zero-order valence-corrected chi connectivity index (χ0v) is 12.7. The summed E-state index contributed by atoms with van der Waals surface area (Å²) in [6, 6.07) is 9.78. The van der Waals surface area contributed by atoms with Crippen LogP contribution >= 0.6 is 0 Å². The van der Waals surface area contributed by atoms with Crippen LogP contribution in [0.15, 0.2) is 24.3 Å². The maximum atomic E-state index is 6.34. The molecule has 1 aliphatic heterocycles. The number of fused-ring (bicyclic) bond motifs is 1. The number of hydrogen-bond donors (Lipinski definition) is 1. The fourth-order valence-electron chi connectivity index (χ4n) is 4.21. The van der Waals surface area contributed by atoms with Gasteiger partial charge in [0, 0.05) is 24.3 Å². The monoisotopic (exact) mass is 272 g/mol. The SMILES string of the molecule is CC[C@H](N)c1ccccc1N1CCCC2CCCCC21. The van der Waals surface area contributed by atoms with Crippen molar-refractivity contribution >= 4 is 5.69 Å². The van der Waals surface area contributed by atoms with Crippen molar-refractivity contribution < 1.29 is 0 Å². The Morgan fingerprint density at radius 2 is 1.90 bits per heavy atom. The molecule has 0 radical (unpaired) electrons. The summed E-state index contributed by atoms with van der Waals surface area (Å²) in [5.74, 6) is 0.920. The first-order valence-corrected chi connectivity index (χ1v) is 8.42. The lowest BCUT2D eigenvalue weighted by Crippen LogP contribution is -2.47. The van der Waals surface area contributed by atoms with Gasteiger partial charge in [0.05, 0.1) is 0 Å². The molecule has 3 atom stereocenters. The number of nitrogens with two attached hydrogens (primary N) is 1. The molecule has 1 heterocycles. The Balaban J connectivity index is 1.91. The highest BCUT2D eigenvalue weighted by atomic mass is 15.2. The maximum absolute atomic E-state index is 6.34. The minimum Gasteiger partial charge on any atom is -0.368 e. The zero-order chi connectivity index (χ0) is 13.9. The molecule has 2 fully saturated rings. The summed E-state index contributed by atoms with van der Waals surface area (Å²) >= 11 is 0. The van der Waals surface area contributed by atoms with E-state index in [2.05, 4.69) is 36.1 Å². The van der Waals surface area contributed by atoms with E-state index in [0.717, 1.165) is 18.4 Å². The smallest absolute Gasteiger partial charge is 0.0417 e. The van der Waals surface area contributed by atoms with Crippen LogP contribution in [0, 0.1) is 5.92 Å². The van der Waals surface area contributed by atoms with Gasteiger partial charge in [-0.1, -0.05) is 38.0 Å². The summed E-state index contributed by atoms with van der Waals surface area (Å²) in [6.45, 7) is 3.40. The number of benzene rings is 1. The van der Waals surface area contributed by atoms with Crippen molar-refractivity contribution in [3.05, 3.63) is 29.8 Å². The van der Waals surface area contributed by atoms with Gasteiger partial charge in [-0.2, -0.15) is 0 Å². The first kappa shape index (κ1) is 13.9. The summed E-state index contributed by atoms with van der Waals surface area (Å²) in [4.78, 5) is 2.69. The van der Waals surface area contributed by atoms with Gasteiger partial charge in [-0.25, -0.2) is 0 Å². The van der Waals surface area contributed by atoms with E-state index in [-0.39, 0.29) is 6.04 Å². The highest BCUT2D eigenvalue weighted by Gasteiger charge is 2.34. The first-order valence-electron chi connectivity index (χ1n) is 8.42. The molecule has 0 spiro atoms. The third-order valence-electron chi connectivity index (χ3n) is 5.33. The van der Waals surface area contributed by atoms with Crippen LogP contribution in [0.4, 0.5) is 5.69 Å². The van der Waals surface area contributed by atoms with Crippen LogP contribution in [-0.2, 0) is 0 Å². The molecular formula is C18H28N2. The summed E-state index contributed by atoms with van der Waals surface area (Å²) in [5, 5.41) is 0. The van der Waals surface area contributed by atoms with Crippen molar-refractivity contribution in [2.45, 2.75) is 64.0 Å². The zero-order valence-electron chi connectivity index (χ0n) is 12.7. The number of hydrogen-bond acceptors (Lipinski definition) is 2. The molecule has 2 heteroatoms. The minimum absolute atomic E-state index is 0.176. The van der Waals surface area contributed by atoms with Gasteiger partial charge in [-0.15, -0.1) is 0 Å². The molecule has 1 saturated carbocycles. The second-order valence-corrected chi connectivity index (χ2v) is 6.52. The highest BCUT2D eigenvalue weighted by molar-refractivity contribution is 5.56. The number of piperidine rings is 1. The Kier molecular flexibility index (Phi) is 4.30. The molecule has 1 saturated heterocycles.